The molecule has 0 aliphatic heterocycles. The molecule has 0 aliphatic carbocycles. The fourth-order valence-electron chi connectivity index (χ4n) is 2.71. The molecule has 12 heteroatoms. The van der Waals surface area contributed by atoms with Gasteiger partial charge in [-0.15, -0.1) is 10.2 Å². The van der Waals surface area contributed by atoms with Crippen LogP contribution in [0, 0.1) is 0 Å². The maximum Gasteiger partial charge on any atom is 0.416 e. The third-order valence-electron chi connectivity index (χ3n) is 4.29. The summed E-state index contributed by atoms with van der Waals surface area (Å²) in [5, 5.41) is 12.6. The minimum atomic E-state index is -4.46. The standard InChI is InChI=1S/C19H14ClF3N6OS/c1-10(31-18-27-26-16(29(18)24)11-5-7-14(20)8-6-11)17-25-15(28-30-17)12-3-2-4-13(9-12)19(21,22)23/h2-10H,24H2,1H3. The Bertz CT molecular complexity index is 1210. The van der Waals surface area contributed by atoms with Crippen LogP contribution < -0.4 is 5.84 Å². The SMILES string of the molecule is CC(Sc1nnc(-c2ccc(Cl)cc2)n1N)c1nc(-c2cccc(C(F)(F)F)c2)no1. The molecule has 0 saturated carbocycles. The van der Waals surface area contributed by atoms with Crippen molar-refractivity contribution >= 4 is 23.4 Å². The summed E-state index contributed by atoms with van der Waals surface area (Å²) in [6, 6.07) is 11.7. The second kappa shape index (κ2) is 8.23. The van der Waals surface area contributed by atoms with Gasteiger partial charge in [0.25, 0.3) is 0 Å². The molecule has 4 aromatic rings. The molecule has 0 amide bonds. The summed E-state index contributed by atoms with van der Waals surface area (Å²) in [6.45, 7) is 1.78. The first-order valence-corrected chi connectivity index (χ1v) is 10.1. The molecule has 2 aromatic carbocycles. The van der Waals surface area contributed by atoms with Crippen molar-refractivity contribution in [3.8, 4) is 22.8 Å². The summed E-state index contributed by atoms with van der Waals surface area (Å²) in [5.41, 5.74) is 0.155. The maximum atomic E-state index is 12.9. The molecule has 0 spiro atoms. The third-order valence-corrected chi connectivity index (χ3v) is 5.58. The third kappa shape index (κ3) is 4.52. The van der Waals surface area contributed by atoms with Crippen molar-refractivity contribution in [2.24, 2.45) is 0 Å². The van der Waals surface area contributed by atoms with Gasteiger partial charge in [-0.3, -0.25) is 0 Å². The maximum absolute atomic E-state index is 12.9. The van der Waals surface area contributed by atoms with Crippen molar-refractivity contribution in [2.45, 2.75) is 23.5 Å². The topological polar surface area (TPSA) is 95.7 Å². The van der Waals surface area contributed by atoms with Crippen molar-refractivity contribution < 1.29 is 17.7 Å². The summed E-state index contributed by atoms with van der Waals surface area (Å²) < 4.78 is 45.4. The molecule has 0 radical (unpaired) electrons. The van der Waals surface area contributed by atoms with Crippen LogP contribution in [0.5, 0.6) is 0 Å². The number of nitrogens with zero attached hydrogens (tertiary/aromatic N) is 5. The number of benzene rings is 2. The lowest BCUT2D eigenvalue weighted by Gasteiger charge is -2.07. The Kier molecular flexibility index (Phi) is 5.63. The zero-order chi connectivity index (χ0) is 22.2. The number of nitrogen functional groups attached to an aromatic ring is 1. The van der Waals surface area contributed by atoms with Crippen LogP contribution in [0.25, 0.3) is 22.8 Å². The second-order valence-corrected chi connectivity index (χ2v) is 8.22. The number of alkyl halides is 3. The van der Waals surface area contributed by atoms with E-state index in [0.717, 1.165) is 17.7 Å². The lowest BCUT2D eigenvalue weighted by atomic mass is 10.1. The molecule has 1 atom stereocenters. The number of aromatic nitrogens is 5. The zero-order valence-electron chi connectivity index (χ0n) is 15.8. The van der Waals surface area contributed by atoms with Crippen molar-refractivity contribution in [2.75, 3.05) is 5.84 Å². The molecule has 0 fully saturated rings. The van der Waals surface area contributed by atoms with E-state index in [-0.39, 0.29) is 22.5 Å². The van der Waals surface area contributed by atoms with Crippen LogP contribution in [-0.2, 0) is 6.18 Å². The fourth-order valence-corrected chi connectivity index (χ4v) is 3.64. The summed E-state index contributed by atoms with van der Waals surface area (Å²) in [5.74, 6) is 6.84. The Morgan fingerprint density at radius 2 is 1.84 bits per heavy atom. The summed E-state index contributed by atoms with van der Waals surface area (Å²) in [4.78, 5) is 4.23. The summed E-state index contributed by atoms with van der Waals surface area (Å²) in [6.07, 6.45) is -4.46. The quantitative estimate of drug-likeness (QED) is 0.317. The van der Waals surface area contributed by atoms with Crippen LogP contribution in [0.2, 0.25) is 5.02 Å². The normalized spacial score (nSPS) is 12.8. The largest absolute Gasteiger partial charge is 0.416 e. The summed E-state index contributed by atoms with van der Waals surface area (Å²) in [7, 11) is 0. The van der Waals surface area contributed by atoms with E-state index in [1.54, 1.807) is 31.2 Å². The highest BCUT2D eigenvalue weighted by atomic mass is 35.5. The van der Waals surface area contributed by atoms with Crippen molar-refractivity contribution in [3.63, 3.8) is 0 Å². The Hall–Kier alpha value is -3.05. The molecule has 2 aromatic heterocycles. The van der Waals surface area contributed by atoms with Crippen LogP contribution in [-0.4, -0.2) is 25.0 Å². The second-order valence-electron chi connectivity index (χ2n) is 6.48. The van der Waals surface area contributed by atoms with Crippen molar-refractivity contribution in [1.82, 2.24) is 25.0 Å². The van der Waals surface area contributed by atoms with Gasteiger partial charge in [-0.25, -0.2) is 4.68 Å². The fraction of sp³-hybridized carbons (Fsp3) is 0.158. The highest BCUT2D eigenvalue weighted by molar-refractivity contribution is 7.99. The van der Waals surface area contributed by atoms with E-state index in [2.05, 4.69) is 20.3 Å². The van der Waals surface area contributed by atoms with E-state index < -0.39 is 11.7 Å². The van der Waals surface area contributed by atoms with Gasteiger partial charge in [-0.05, 0) is 43.3 Å². The van der Waals surface area contributed by atoms with Gasteiger partial charge in [0, 0.05) is 16.1 Å². The first-order valence-electron chi connectivity index (χ1n) is 8.86. The van der Waals surface area contributed by atoms with E-state index >= 15 is 0 Å². The van der Waals surface area contributed by atoms with Crippen LogP contribution in [0.15, 0.2) is 58.2 Å². The van der Waals surface area contributed by atoms with Crippen LogP contribution in [0.4, 0.5) is 13.2 Å². The molecule has 31 heavy (non-hydrogen) atoms. The highest BCUT2D eigenvalue weighted by Gasteiger charge is 2.31. The number of thioether (sulfide) groups is 1. The number of halogens is 4. The highest BCUT2D eigenvalue weighted by Crippen LogP contribution is 2.35. The molecule has 1 unspecified atom stereocenters. The molecule has 0 saturated heterocycles. The Morgan fingerprint density at radius 3 is 2.55 bits per heavy atom. The molecule has 0 bridgehead atoms. The smallest absolute Gasteiger partial charge is 0.338 e. The van der Waals surface area contributed by atoms with Crippen molar-refractivity contribution in [3.05, 3.63) is 65.0 Å². The van der Waals surface area contributed by atoms with Gasteiger partial charge in [0.05, 0.1) is 10.8 Å². The first kappa shape index (κ1) is 21.2. The monoisotopic (exact) mass is 466 g/mol. The van der Waals surface area contributed by atoms with Gasteiger partial charge in [0.15, 0.2) is 5.82 Å². The Morgan fingerprint density at radius 1 is 1.10 bits per heavy atom. The van der Waals surface area contributed by atoms with Crippen LogP contribution in [0.1, 0.15) is 23.6 Å². The lowest BCUT2D eigenvalue weighted by Crippen LogP contribution is -2.12. The Balaban J connectivity index is 1.53. The van der Waals surface area contributed by atoms with Gasteiger partial charge in [-0.1, -0.05) is 40.7 Å². The minimum absolute atomic E-state index is 0.0598. The van der Waals surface area contributed by atoms with Gasteiger partial charge in [0.1, 0.15) is 0 Å². The van der Waals surface area contributed by atoms with E-state index in [1.165, 1.54) is 28.6 Å². The average Bonchev–Trinajstić information content (AvgIpc) is 3.36. The molecule has 4 rings (SSSR count). The van der Waals surface area contributed by atoms with Crippen LogP contribution >= 0.6 is 23.4 Å². The van der Waals surface area contributed by atoms with Gasteiger partial charge < -0.3 is 10.4 Å². The number of nitrogens with two attached hydrogens (primary N) is 1. The lowest BCUT2D eigenvalue weighted by molar-refractivity contribution is -0.137. The zero-order valence-corrected chi connectivity index (χ0v) is 17.4. The molecule has 2 heterocycles. The van der Waals surface area contributed by atoms with Crippen molar-refractivity contribution in [1.29, 1.82) is 0 Å². The molecule has 0 aliphatic rings. The van der Waals surface area contributed by atoms with Gasteiger partial charge >= 0.3 is 6.18 Å². The number of hydrogen-bond acceptors (Lipinski definition) is 7. The molecular formula is C19H14ClF3N6OS. The predicted octanol–water partition coefficient (Wildman–Crippen LogP) is 5.23. The summed E-state index contributed by atoms with van der Waals surface area (Å²) >= 11 is 7.12. The molecular weight excluding hydrogens is 453 g/mol. The predicted molar refractivity (Wildman–Crippen MR) is 110 cm³/mol. The van der Waals surface area contributed by atoms with Gasteiger partial charge in [0.2, 0.25) is 16.9 Å². The minimum Gasteiger partial charge on any atom is -0.338 e. The molecule has 7 nitrogen and oxygen atoms in total. The molecule has 160 valence electrons. The number of hydrogen-bond donors (Lipinski definition) is 1. The van der Waals surface area contributed by atoms with E-state index in [9.17, 15) is 13.2 Å². The first-order chi connectivity index (χ1) is 14.7. The van der Waals surface area contributed by atoms with Crippen LogP contribution in [0.3, 0.4) is 0 Å². The number of rotatable bonds is 5. The van der Waals surface area contributed by atoms with E-state index in [4.69, 9.17) is 22.0 Å². The van der Waals surface area contributed by atoms with Gasteiger partial charge in [-0.2, -0.15) is 18.2 Å². The van der Waals surface area contributed by atoms with E-state index in [0.29, 0.717) is 16.0 Å². The van der Waals surface area contributed by atoms with E-state index in [1.807, 2.05) is 0 Å². The average molecular weight is 467 g/mol. The molecule has 2 N–H and O–H groups in total. The Labute approximate surface area is 183 Å².